The predicted octanol–water partition coefficient (Wildman–Crippen LogP) is 2.44. The fraction of sp³-hybridized carbons (Fsp3) is 0.125. The van der Waals surface area contributed by atoms with Crippen LogP contribution in [0.3, 0.4) is 0 Å². The van der Waals surface area contributed by atoms with Crippen molar-refractivity contribution >= 4 is 22.6 Å². The van der Waals surface area contributed by atoms with Gasteiger partial charge in [0, 0.05) is 25.2 Å². The summed E-state index contributed by atoms with van der Waals surface area (Å²) in [5, 5.41) is 0. The first-order valence-electron chi connectivity index (χ1n) is 6.55. The summed E-state index contributed by atoms with van der Waals surface area (Å²) in [5.74, 6) is 0. The Labute approximate surface area is 130 Å². The van der Waals surface area contributed by atoms with Gasteiger partial charge in [-0.2, -0.15) is 8.42 Å². The van der Waals surface area contributed by atoms with E-state index in [1.54, 1.807) is 61.5 Å². The maximum atomic E-state index is 12.4. The number of rotatable bonds is 5. The van der Waals surface area contributed by atoms with Gasteiger partial charge in [-0.25, -0.2) is 0 Å². The Morgan fingerprint density at radius 2 is 1.64 bits per heavy atom. The summed E-state index contributed by atoms with van der Waals surface area (Å²) in [4.78, 5) is 12.4. The van der Waals surface area contributed by atoms with Gasteiger partial charge in [-0.1, -0.05) is 42.5 Å². The summed E-state index contributed by atoms with van der Waals surface area (Å²) >= 11 is 0. The van der Waals surface area contributed by atoms with Crippen LogP contribution >= 0.6 is 0 Å². The van der Waals surface area contributed by atoms with Crippen molar-refractivity contribution in [2.45, 2.75) is 4.90 Å². The van der Waals surface area contributed by atoms with Gasteiger partial charge in [-0.3, -0.25) is 4.79 Å². The fourth-order valence-electron chi connectivity index (χ4n) is 1.88. The molecule has 0 bridgehead atoms. The van der Waals surface area contributed by atoms with Crippen LogP contribution in [-0.4, -0.2) is 40.0 Å². The predicted molar refractivity (Wildman–Crippen MR) is 86.6 cm³/mol. The molecule has 0 radical (unpaired) electrons. The average Bonchev–Trinajstić information content (AvgIpc) is 2.53. The molecule has 0 fully saturated rings. The molecule has 0 spiro atoms. The number of hydrogen-bond donors (Lipinski definition) is 0. The Bertz CT molecular complexity index is 794. The van der Waals surface area contributed by atoms with Crippen molar-refractivity contribution < 1.29 is 13.2 Å². The van der Waals surface area contributed by atoms with E-state index in [1.165, 1.54) is 12.4 Å². The summed E-state index contributed by atoms with van der Waals surface area (Å²) in [6, 6.07) is 13.4. The van der Waals surface area contributed by atoms with Crippen molar-refractivity contribution in [3.05, 3.63) is 54.1 Å². The zero-order valence-corrected chi connectivity index (χ0v) is 13.1. The third kappa shape index (κ3) is 3.59. The SMILES string of the molecule is CN(C)C=NS(=O)(=O)c1ccccc1-c1ccc(C=O)cc1. The minimum absolute atomic E-state index is 0.131. The Morgan fingerprint density at radius 1 is 1.00 bits per heavy atom. The average molecular weight is 316 g/mol. The monoisotopic (exact) mass is 316 g/mol. The van der Waals surface area contributed by atoms with Gasteiger partial charge >= 0.3 is 0 Å². The molecule has 0 atom stereocenters. The zero-order valence-electron chi connectivity index (χ0n) is 12.3. The molecule has 114 valence electrons. The van der Waals surface area contributed by atoms with Crippen LogP contribution < -0.4 is 0 Å². The van der Waals surface area contributed by atoms with Crippen molar-refractivity contribution in [3.8, 4) is 11.1 Å². The lowest BCUT2D eigenvalue weighted by atomic mass is 10.0. The van der Waals surface area contributed by atoms with Gasteiger partial charge in [-0.15, -0.1) is 4.40 Å². The molecule has 0 saturated carbocycles. The van der Waals surface area contributed by atoms with Crippen LogP contribution in [0.4, 0.5) is 0 Å². The molecular weight excluding hydrogens is 300 g/mol. The zero-order chi connectivity index (χ0) is 16.2. The molecule has 0 aromatic heterocycles. The van der Waals surface area contributed by atoms with Crippen LogP contribution in [-0.2, 0) is 10.0 Å². The Hall–Kier alpha value is -2.47. The molecule has 0 N–H and O–H groups in total. The third-order valence-electron chi connectivity index (χ3n) is 2.94. The molecule has 0 unspecified atom stereocenters. The summed E-state index contributed by atoms with van der Waals surface area (Å²) in [6.07, 6.45) is 2.00. The maximum absolute atomic E-state index is 12.4. The Morgan fingerprint density at radius 3 is 2.23 bits per heavy atom. The molecule has 2 aromatic carbocycles. The van der Waals surface area contributed by atoms with Crippen molar-refractivity contribution in [1.29, 1.82) is 0 Å². The number of hydrogen-bond acceptors (Lipinski definition) is 3. The van der Waals surface area contributed by atoms with E-state index in [4.69, 9.17) is 0 Å². The Kier molecular flexibility index (Phi) is 4.72. The van der Waals surface area contributed by atoms with E-state index in [0.717, 1.165) is 6.29 Å². The minimum atomic E-state index is -3.79. The van der Waals surface area contributed by atoms with E-state index in [9.17, 15) is 13.2 Å². The van der Waals surface area contributed by atoms with Crippen LogP contribution in [0.2, 0.25) is 0 Å². The second kappa shape index (κ2) is 6.53. The largest absolute Gasteiger partial charge is 0.368 e. The highest BCUT2D eigenvalue weighted by Crippen LogP contribution is 2.28. The molecule has 6 heteroatoms. The number of aldehydes is 1. The third-order valence-corrected chi connectivity index (χ3v) is 4.22. The summed E-state index contributed by atoms with van der Waals surface area (Å²) in [5.41, 5.74) is 1.80. The molecule has 2 rings (SSSR count). The van der Waals surface area contributed by atoms with E-state index in [2.05, 4.69) is 4.40 Å². The van der Waals surface area contributed by atoms with E-state index < -0.39 is 10.0 Å². The van der Waals surface area contributed by atoms with E-state index in [-0.39, 0.29) is 4.90 Å². The quantitative estimate of drug-likeness (QED) is 0.483. The van der Waals surface area contributed by atoms with Crippen LogP contribution in [0, 0.1) is 0 Å². The topological polar surface area (TPSA) is 66.8 Å². The highest BCUT2D eigenvalue weighted by molar-refractivity contribution is 7.90. The van der Waals surface area contributed by atoms with Gasteiger partial charge in [0.15, 0.2) is 0 Å². The molecule has 5 nitrogen and oxygen atoms in total. The van der Waals surface area contributed by atoms with Crippen molar-refractivity contribution in [3.63, 3.8) is 0 Å². The number of benzene rings is 2. The molecule has 0 aliphatic heterocycles. The molecule has 0 aliphatic carbocycles. The van der Waals surface area contributed by atoms with E-state index >= 15 is 0 Å². The van der Waals surface area contributed by atoms with E-state index in [0.29, 0.717) is 16.7 Å². The van der Waals surface area contributed by atoms with Crippen LogP contribution in [0.25, 0.3) is 11.1 Å². The van der Waals surface area contributed by atoms with Crippen molar-refractivity contribution in [2.75, 3.05) is 14.1 Å². The molecule has 0 aliphatic rings. The lowest BCUT2D eigenvalue weighted by Crippen LogP contribution is -2.10. The standard InChI is InChI=1S/C16H16N2O3S/c1-18(2)12-17-22(20,21)16-6-4-3-5-15(16)14-9-7-13(11-19)8-10-14/h3-12H,1-2H3. The summed E-state index contributed by atoms with van der Waals surface area (Å²) < 4.78 is 28.4. The minimum Gasteiger partial charge on any atom is -0.368 e. The molecule has 0 amide bonds. The molecule has 0 heterocycles. The van der Waals surface area contributed by atoms with Crippen molar-refractivity contribution in [2.24, 2.45) is 4.40 Å². The Balaban J connectivity index is 2.53. The van der Waals surface area contributed by atoms with Gasteiger partial charge in [0.05, 0.1) is 4.90 Å². The van der Waals surface area contributed by atoms with E-state index in [1.807, 2.05) is 0 Å². The highest BCUT2D eigenvalue weighted by atomic mass is 32.2. The molecule has 22 heavy (non-hydrogen) atoms. The number of nitrogens with zero attached hydrogens (tertiary/aromatic N) is 2. The van der Waals surface area contributed by atoms with Gasteiger partial charge in [0.25, 0.3) is 10.0 Å². The summed E-state index contributed by atoms with van der Waals surface area (Å²) in [7, 11) is -0.397. The van der Waals surface area contributed by atoms with Crippen LogP contribution in [0.1, 0.15) is 10.4 Å². The highest BCUT2D eigenvalue weighted by Gasteiger charge is 2.17. The van der Waals surface area contributed by atoms with Gasteiger partial charge < -0.3 is 4.90 Å². The molecule has 2 aromatic rings. The van der Waals surface area contributed by atoms with Crippen LogP contribution in [0.15, 0.2) is 57.8 Å². The first-order chi connectivity index (χ1) is 10.4. The lowest BCUT2D eigenvalue weighted by molar-refractivity contribution is 0.112. The lowest BCUT2D eigenvalue weighted by Gasteiger charge is -2.09. The van der Waals surface area contributed by atoms with Gasteiger partial charge in [-0.05, 0) is 11.6 Å². The van der Waals surface area contributed by atoms with Crippen molar-refractivity contribution in [1.82, 2.24) is 4.90 Å². The maximum Gasteiger partial charge on any atom is 0.284 e. The number of carbonyl (C=O) groups excluding carboxylic acids is 1. The normalized spacial score (nSPS) is 11.5. The number of carbonyl (C=O) groups is 1. The first-order valence-corrected chi connectivity index (χ1v) is 7.99. The van der Waals surface area contributed by atoms with Gasteiger partial charge in [0.1, 0.15) is 12.6 Å². The second-order valence-electron chi connectivity index (χ2n) is 4.90. The fourth-order valence-corrected chi connectivity index (χ4v) is 3.03. The first kappa shape index (κ1) is 15.9. The van der Waals surface area contributed by atoms with Crippen LogP contribution in [0.5, 0.6) is 0 Å². The summed E-state index contributed by atoms with van der Waals surface area (Å²) in [6.45, 7) is 0. The molecular formula is C16H16N2O3S. The second-order valence-corrected chi connectivity index (χ2v) is 6.50. The van der Waals surface area contributed by atoms with Gasteiger partial charge in [0.2, 0.25) is 0 Å². The smallest absolute Gasteiger partial charge is 0.284 e. The number of sulfonamides is 1. The molecule has 0 saturated heterocycles.